The van der Waals surface area contributed by atoms with E-state index < -0.39 is 0 Å². The maximum atomic E-state index is 11.4. The minimum atomic E-state index is -0.0455. The van der Waals surface area contributed by atoms with Crippen LogP contribution in [0.3, 0.4) is 0 Å². The van der Waals surface area contributed by atoms with E-state index in [0.717, 1.165) is 31.8 Å². The van der Waals surface area contributed by atoms with Crippen molar-refractivity contribution in [1.29, 1.82) is 0 Å². The third kappa shape index (κ3) is 3.89. The van der Waals surface area contributed by atoms with Crippen molar-refractivity contribution in [3.63, 3.8) is 0 Å². The maximum Gasteiger partial charge on any atom is 0.127 e. The summed E-state index contributed by atoms with van der Waals surface area (Å²) in [6.07, 6.45) is 5.83. The molecule has 2 heteroatoms. The monoisotopic (exact) mass is 225 g/mol. The van der Waals surface area contributed by atoms with Gasteiger partial charge in [0.15, 0.2) is 0 Å². The first-order valence-electron chi connectivity index (χ1n) is 6.62. The molecule has 0 aliphatic heterocycles. The lowest BCUT2D eigenvalue weighted by molar-refractivity contribution is -0.119. The topological polar surface area (TPSA) is 20.3 Å². The molecule has 0 unspecified atom stereocenters. The Morgan fingerprint density at radius 2 is 1.94 bits per heavy atom. The Balaban J connectivity index is 2.50. The number of aldehydes is 1. The van der Waals surface area contributed by atoms with Crippen molar-refractivity contribution < 1.29 is 4.79 Å². The van der Waals surface area contributed by atoms with E-state index >= 15 is 0 Å². The maximum absolute atomic E-state index is 11.4. The van der Waals surface area contributed by atoms with E-state index in [1.165, 1.54) is 19.1 Å². The van der Waals surface area contributed by atoms with Gasteiger partial charge in [0.05, 0.1) is 0 Å². The van der Waals surface area contributed by atoms with Crippen LogP contribution in [-0.4, -0.2) is 31.3 Å². The van der Waals surface area contributed by atoms with Gasteiger partial charge in [-0.15, -0.1) is 0 Å². The average Bonchev–Trinajstić information content (AvgIpc) is 2.21. The van der Waals surface area contributed by atoms with Crippen LogP contribution in [0.4, 0.5) is 0 Å². The minimum absolute atomic E-state index is 0.0455. The molecule has 0 radical (unpaired) electrons. The molecule has 0 aromatic rings. The summed E-state index contributed by atoms with van der Waals surface area (Å²) in [5.41, 5.74) is -0.0455. The predicted octanol–water partition coefficient (Wildman–Crippen LogP) is 2.97. The van der Waals surface area contributed by atoms with Gasteiger partial charge in [0.25, 0.3) is 0 Å². The van der Waals surface area contributed by atoms with Gasteiger partial charge in [0.2, 0.25) is 0 Å². The molecule has 1 rings (SSSR count). The van der Waals surface area contributed by atoms with Gasteiger partial charge >= 0.3 is 0 Å². The second-order valence-electron chi connectivity index (χ2n) is 6.25. The largest absolute Gasteiger partial charge is 0.305 e. The molecule has 0 spiro atoms. The van der Waals surface area contributed by atoms with Crippen LogP contribution in [0.5, 0.6) is 0 Å². The molecule has 2 nitrogen and oxygen atoms in total. The fourth-order valence-electron chi connectivity index (χ4n) is 2.88. The van der Waals surface area contributed by atoms with Crippen LogP contribution in [0.2, 0.25) is 0 Å². The summed E-state index contributed by atoms with van der Waals surface area (Å²) in [5, 5.41) is 0. The van der Waals surface area contributed by atoms with E-state index in [-0.39, 0.29) is 5.41 Å². The third-order valence-corrected chi connectivity index (χ3v) is 3.78. The summed E-state index contributed by atoms with van der Waals surface area (Å²) < 4.78 is 0. The molecule has 0 aromatic heterocycles. The number of rotatable bonds is 5. The summed E-state index contributed by atoms with van der Waals surface area (Å²) in [4.78, 5) is 13.7. The molecule has 0 atom stereocenters. The Morgan fingerprint density at radius 1 is 1.38 bits per heavy atom. The molecule has 1 fully saturated rings. The molecule has 0 N–H and O–H groups in total. The van der Waals surface area contributed by atoms with Gasteiger partial charge in [0, 0.05) is 18.5 Å². The van der Waals surface area contributed by atoms with E-state index in [1.54, 1.807) is 0 Å². The molecule has 1 saturated carbocycles. The van der Waals surface area contributed by atoms with Crippen LogP contribution >= 0.6 is 0 Å². The molecule has 0 amide bonds. The van der Waals surface area contributed by atoms with Crippen LogP contribution in [0.15, 0.2) is 0 Å². The smallest absolute Gasteiger partial charge is 0.127 e. The molecule has 94 valence electrons. The van der Waals surface area contributed by atoms with Gasteiger partial charge in [-0.2, -0.15) is 0 Å². The van der Waals surface area contributed by atoms with Gasteiger partial charge < -0.3 is 9.69 Å². The van der Waals surface area contributed by atoms with Crippen molar-refractivity contribution in [3.8, 4) is 0 Å². The highest BCUT2D eigenvalue weighted by Crippen LogP contribution is 2.37. The van der Waals surface area contributed by atoms with Crippen LogP contribution in [0.25, 0.3) is 0 Å². The molecule has 0 saturated heterocycles. The molecule has 0 aromatic carbocycles. The SMILES string of the molecule is CC(C)CN(C)CC1(C=O)CCC(C)CC1. The van der Waals surface area contributed by atoms with E-state index in [2.05, 4.69) is 32.7 Å². The first kappa shape index (κ1) is 13.7. The molecule has 0 heterocycles. The number of carbonyl (C=O) groups is 1. The van der Waals surface area contributed by atoms with Gasteiger partial charge in [-0.1, -0.05) is 20.8 Å². The lowest BCUT2D eigenvalue weighted by Crippen LogP contribution is -2.40. The Kier molecular flexibility index (Phi) is 4.97. The van der Waals surface area contributed by atoms with E-state index in [9.17, 15) is 4.79 Å². The third-order valence-electron chi connectivity index (χ3n) is 3.78. The van der Waals surface area contributed by atoms with Crippen molar-refractivity contribution in [2.24, 2.45) is 17.3 Å². The summed E-state index contributed by atoms with van der Waals surface area (Å²) in [7, 11) is 2.14. The van der Waals surface area contributed by atoms with Gasteiger partial charge in [0.1, 0.15) is 6.29 Å². The minimum Gasteiger partial charge on any atom is -0.305 e. The van der Waals surface area contributed by atoms with Crippen LogP contribution in [-0.2, 0) is 4.79 Å². The zero-order chi connectivity index (χ0) is 12.2. The zero-order valence-electron chi connectivity index (χ0n) is 11.3. The van der Waals surface area contributed by atoms with E-state index in [4.69, 9.17) is 0 Å². The summed E-state index contributed by atoms with van der Waals surface area (Å²) in [6.45, 7) is 8.79. The highest BCUT2D eigenvalue weighted by atomic mass is 16.1. The number of carbonyl (C=O) groups excluding carboxylic acids is 1. The van der Waals surface area contributed by atoms with Crippen molar-refractivity contribution in [2.45, 2.75) is 46.5 Å². The predicted molar refractivity (Wildman–Crippen MR) is 68.5 cm³/mol. The van der Waals surface area contributed by atoms with Crippen molar-refractivity contribution in [3.05, 3.63) is 0 Å². The van der Waals surface area contributed by atoms with Gasteiger partial charge in [-0.25, -0.2) is 0 Å². The highest BCUT2D eigenvalue weighted by Gasteiger charge is 2.34. The van der Waals surface area contributed by atoms with Crippen molar-refractivity contribution >= 4 is 6.29 Å². The summed E-state index contributed by atoms with van der Waals surface area (Å²) >= 11 is 0. The lowest BCUT2D eigenvalue weighted by Gasteiger charge is -2.38. The van der Waals surface area contributed by atoms with Gasteiger partial charge in [-0.3, -0.25) is 0 Å². The Labute approximate surface area is 100 Å². The number of hydrogen-bond donors (Lipinski definition) is 0. The Hall–Kier alpha value is -0.370. The lowest BCUT2D eigenvalue weighted by atomic mass is 9.71. The summed E-state index contributed by atoms with van der Waals surface area (Å²) in [5.74, 6) is 1.49. The molecule has 16 heavy (non-hydrogen) atoms. The zero-order valence-corrected chi connectivity index (χ0v) is 11.3. The van der Waals surface area contributed by atoms with Crippen LogP contribution in [0, 0.1) is 17.3 Å². The highest BCUT2D eigenvalue weighted by molar-refractivity contribution is 5.60. The second-order valence-corrected chi connectivity index (χ2v) is 6.25. The fourth-order valence-corrected chi connectivity index (χ4v) is 2.88. The molecule has 1 aliphatic rings. The van der Waals surface area contributed by atoms with Crippen molar-refractivity contribution in [1.82, 2.24) is 4.90 Å². The van der Waals surface area contributed by atoms with Crippen molar-refractivity contribution in [2.75, 3.05) is 20.1 Å². The average molecular weight is 225 g/mol. The molecule has 1 aliphatic carbocycles. The fraction of sp³-hybridized carbons (Fsp3) is 0.929. The first-order chi connectivity index (χ1) is 7.47. The van der Waals surface area contributed by atoms with Gasteiger partial charge in [-0.05, 0) is 44.6 Å². The van der Waals surface area contributed by atoms with Crippen LogP contribution in [0.1, 0.15) is 46.5 Å². The Bertz CT molecular complexity index is 217. The first-order valence-corrected chi connectivity index (χ1v) is 6.62. The number of hydrogen-bond acceptors (Lipinski definition) is 2. The van der Waals surface area contributed by atoms with E-state index in [1.807, 2.05) is 0 Å². The van der Waals surface area contributed by atoms with Crippen LogP contribution < -0.4 is 0 Å². The summed E-state index contributed by atoms with van der Waals surface area (Å²) in [6, 6.07) is 0. The van der Waals surface area contributed by atoms with E-state index in [0.29, 0.717) is 5.92 Å². The Morgan fingerprint density at radius 3 is 2.38 bits per heavy atom. The normalized spacial score (nSPS) is 31.0. The molecular formula is C14H27NO. The number of nitrogens with zero attached hydrogens (tertiary/aromatic N) is 1. The molecular weight excluding hydrogens is 198 g/mol. The standard InChI is InChI=1S/C14H27NO/c1-12(2)9-15(4)10-14(11-16)7-5-13(3)6-8-14/h11-13H,5-10H2,1-4H3. The quantitative estimate of drug-likeness (QED) is 0.670. The second kappa shape index (κ2) is 5.81. The molecule has 0 bridgehead atoms.